The molecule has 0 saturated heterocycles. The summed E-state index contributed by atoms with van der Waals surface area (Å²) in [5, 5.41) is 0. The van der Waals surface area contributed by atoms with Crippen LogP contribution in [0.3, 0.4) is 0 Å². The number of anilines is 1. The zero-order valence-corrected chi connectivity index (χ0v) is 15.8. The van der Waals surface area contributed by atoms with Gasteiger partial charge in [-0.2, -0.15) is 0 Å². The molecular weight excluding hydrogens is 433 g/mol. The topological polar surface area (TPSA) is 73.9 Å². The molecule has 0 aromatic heterocycles. The number of ether oxygens (including phenoxy) is 3. The Kier molecular flexibility index (Phi) is 5.58. The average molecular weight is 449 g/mol. The molecule has 0 spiro atoms. The number of benzene rings is 2. The maximum absolute atomic E-state index is 12.5. The van der Waals surface area contributed by atoms with E-state index in [1.54, 1.807) is 24.3 Å². The summed E-state index contributed by atoms with van der Waals surface area (Å²) >= 11 is 2.02. The van der Waals surface area contributed by atoms with Crippen molar-refractivity contribution >= 4 is 38.3 Å². The van der Waals surface area contributed by atoms with Crippen LogP contribution in [0.4, 0.5) is 5.69 Å². The molecule has 1 N–H and O–H groups in total. The second-order valence-corrected chi connectivity index (χ2v) is 7.31. The lowest BCUT2D eigenvalue weighted by Crippen LogP contribution is -2.14. The van der Waals surface area contributed by atoms with Gasteiger partial charge in [0.15, 0.2) is 0 Å². The van der Waals surface area contributed by atoms with Crippen molar-refractivity contribution < 1.29 is 22.6 Å². The summed E-state index contributed by atoms with van der Waals surface area (Å²) in [7, 11) is 0.777. The van der Waals surface area contributed by atoms with Gasteiger partial charge in [0.1, 0.15) is 17.2 Å². The molecule has 2 aromatic carbocycles. The molecule has 0 amide bonds. The molecule has 0 unspecified atom stereocenters. The van der Waals surface area contributed by atoms with Crippen LogP contribution in [0.25, 0.3) is 0 Å². The van der Waals surface area contributed by atoms with Crippen molar-refractivity contribution in [3.05, 3.63) is 40.0 Å². The molecule has 0 aliphatic carbocycles. The van der Waals surface area contributed by atoms with Crippen LogP contribution in [-0.2, 0) is 10.0 Å². The minimum absolute atomic E-state index is 0.139. The summed E-state index contributed by atoms with van der Waals surface area (Å²) < 4.78 is 43.7. The summed E-state index contributed by atoms with van der Waals surface area (Å²) in [4.78, 5) is 0.139. The van der Waals surface area contributed by atoms with Gasteiger partial charge < -0.3 is 14.2 Å². The van der Waals surface area contributed by atoms with Gasteiger partial charge in [0, 0.05) is 6.07 Å². The van der Waals surface area contributed by atoms with Gasteiger partial charge in [0.05, 0.1) is 35.5 Å². The van der Waals surface area contributed by atoms with Crippen molar-refractivity contribution in [2.75, 3.05) is 26.1 Å². The molecule has 8 heteroatoms. The highest BCUT2D eigenvalue weighted by Crippen LogP contribution is 2.31. The molecule has 0 bridgehead atoms. The second-order valence-electron chi connectivity index (χ2n) is 4.47. The van der Waals surface area contributed by atoms with Crippen molar-refractivity contribution in [1.82, 2.24) is 0 Å². The Morgan fingerprint density at radius 2 is 1.61 bits per heavy atom. The summed E-state index contributed by atoms with van der Waals surface area (Å²) in [6, 6.07) is 9.48. The highest BCUT2D eigenvalue weighted by Gasteiger charge is 2.18. The van der Waals surface area contributed by atoms with Gasteiger partial charge in [-0.3, -0.25) is 4.72 Å². The molecule has 2 aromatic rings. The maximum atomic E-state index is 12.5. The van der Waals surface area contributed by atoms with Crippen LogP contribution < -0.4 is 18.9 Å². The predicted molar refractivity (Wildman–Crippen MR) is 96.1 cm³/mol. The number of rotatable bonds is 6. The van der Waals surface area contributed by atoms with E-state index < -0.39 is 10.0 Å². The summed E-state index contributed by atoms with van der Waals surface area (Å²) in [6.07, 6.45) is 0. The molecule has 0 radical (unpaired) electrons. The van der Waals surface area contributed by atoms with Crippen LogP contribution in [0.2, 0.25) is 0 Å². The Bertz CT molecular complexity index is 808. The zero-order chi connectivity index (χ0) is 17.0. The first-order valence-electron chi connectivity index (χ1n) is 6.49. The molecule has 0 heterocycles. The number of nitrogens with one attached hydrogen (secondary N) is 1. The van der Waals surface area contributed by atoms with Crippen LogP contribution in [-0.4, -0.2) is 29.7 Å². The van der Waals surface area contributed by atoms with E-state index in [-0.39, 0.29) is 4.90 Å². The monoisotopic (exact) mass is 449 g/mol. The maximum Gasteiger partial charge on any atom is 0.262 e. The third kappa shape index (κ3) is 3.99. The minimum atomic E-state index is -3.74. The first-order chi connectivity index (χ1) is 10.9. The van der Waals surface area contributed by atoms with E-state index in [0.717, 1.165) is 0 Å². The van der Waals surface area contributed by atoms with Crippen molar-refractivity contribution in [2.24, 2.45) is 0 Å². The Balaban J connectivity index is 2.36. The fraction of sp³-hybridized carbons (Fsp3) is 0.200. The quantitative estimate of drug-likeness (QED) is 0.687. The Labute approximate surface area is 148 Å². The van der Waals surface area contributed by atoms with Crippen LogP contribution in [0, 0.1) is 3.57 Å². The zero-order valence-electron chi connectivity index (χ0n) is 12.8. The standard InChI is InChI=1S/C15H16INO5S/c1-20-10-4-6-13(15(8-10)22-3)17-23(18,19)11-5-7-14(21-2)12(16)9-11/h4-9,17H,1-3H3. The fourth-order valence-electron chi connectivity index (χ4n) is 1.90. The lowest BCUT2D eigenvalue weighted by Gasteiger charge is -2.13. The normalized spacial score (nSPS) is 11.0. The van der Waals surface area contributed by atoms with E-state index in [9.17, 15) is 8.42 Å². The first-order valence-corrected chi connectivity index (χ1v) is 9.06. The number of methoxy groups -OCH3 is 3. The molecule has 2 rings (SSSR count). The van der Waals surface area contributed by atoms with E-state index in [1.165, 1.54) is 33.5 Å². The van der Waals surface area contributed by atoms with Crippen molar-refractivity contribution in [3.8, 4) is 17.2 Å². The van der Waals surface area contributed by atoms with Gasteiger partial charge >= 0.3 is 0 Å². The second kappa shape index (κ2) is 7.26. The summed E-state index contributed by atoms with van der Waals surface area (Å²) in [6.45, 7) is 0. The lowest BCUT2D eigenvalue weighted by atomic mass is 10.3. The summed E-state index contributed by atoms with van der Waals surface area (Å²) in [5.74, 6) is 1.56. The van der Waals surface area contributed by atoms with E-state index in [0.29, 0.717) is 26.5 Å². The molecule has 124 valence electrons. The van der Waals surface area contributed by atoms with E-state index >= 15 is 0 Å². The van der Waals surface area contributed by atoms with Crippen LogP contribution in [0.15, 0.2) is 41.3 Å². The largest absolute Gasteiger partial charge is 0.497 e. The lowest BCUT2D eigenvalue weighted by molar-refractivity contribution is 0.395. The highest BCUT2D eigenvalue weighted by molar-refractivity contribution is 14.1. The Morgan fingerprint density at radius 3 is 2.17 bits per heavy atom. The SMILES string of the molecule is COc1ccc(NS(=O)(=O)c2ccc(OC)c(I)c2)c(OC)c1. The molecule has 0 aliphatic rings. The molecule has 0 atom stereocenters. The van der Waals surface area contributed by atoms with Crippen molar-refractivity contribution in [3.63, 3.8) is 0 Å². The third-order valence-corrected chi connectivity index (χ3v) is 5.29. The van der Waals surface area contributed by atoms with Gasteiger partial charge in [-0.1, -0.05) is 0 Å². The molecule has 0 fully saturated rings. The van der Waals surface area contributed by atoms with Gasteiger partial charge in [0.2, 0.25) is 0 Å². The average Bonchev–Trinajstić information content (AvgIpc) is 2.54. The molecule has 23 heavy (non-hydrogen) atoms. The van der Waals surface area contributed by atoms with Crippen molar-refractivity contribution in [2.45, 2.75) is 4.90 Å². The Hall–Kier alpha value is -1.68. The third-order valence-electron chi connectivity index (χ3n) is 3.09. The summed E-state index contributed by atoms with van der Waals surface area (Å²) in [5.41, 5.74) is 0.333. The van der Waals surface area contributed by atoms with Gasteiger partial charge in [-0.25, -0.2) is 8.42 Å². The predicted octanol–water partition coefficient (Wildman–Crippen LogP) is 3.12. The molecule has 0 aliphatic heterocycles. The number of hydrogen-bond donors (Lipinski definition) is 1. The number of halogens is 1. The van der Waals surface area contributed by atoms with E-state index in [2.05, 4.69) is 4.72 Å². The molecule has 6 nitrogen and oxygen atoms in total. The van der Waals surface area contributed by atoms with Gasteiger partial charge in [0.25, 0.3) is 10.0 Å². The van der Waals surface area contributed by atoms with Crippen molar-refractivity contribution in [1.29, 1.82) is 0 Å². The van der Waals surface area contributed by atoms with Crippen LogP contribution in [0.1, 0.15) is 0 Å². The van der Waals surface area contributed by atoms with Gasteiger partial charge in [-0.15, -0.1) is 0 Å². The smallest absolute Gasteiger partial charge is 0.262 e. The fourth-order valence-corrected chi connectivity index (χ4v) is 3.94. The van der Waals surface area contributed by atoms with Crippen LogP contribution >= 0.6 is 22.6 Å². The number of sulfonamides is 1. The van der Waals surface area contributed by atoms with E-state index in [4.69, 9.17) is 14.2 Å². The van der Waals surface area contributed by atoms with Gasteiger partial charge in [-0.05, 0) is 52.9 Å². The molecule has 0 saturated carbocycles. The highest BCUT2D eigenvalue weighted by atomic mass is 127. The number of hydrogen-bond acceptors (Lipinski definition) is 5. The Morgan fingerprint density at radius 1 is 0.913 bits per heavy atom. The first kappa shape index (κ1) is 17.7. The minimum Gasteiger partial charge on any atom is -0.497 e. The van der Waals surface area contributed by atoms with E-state index in [1.807, 2.05) is 22.6 Å². The molecular formula is C15H16INO5S. The van der Waals surface area contributed by atoms with Crippen LogP contribution in [0.5, 0.6) is 17.2 Å².